The van der Waals surface area contributed by atoms with E-state index in [1.807, 2.05) is 25.1 Å². The summed E-state index contributed by atoms with van der Waals surface area (Å²) in [6, 6.07) is 7.93. The van der Waals surface area contributed by atoms with E-state index >= 15 is 0 Å². The van der Waals surface area contributed by atoms with Crippen LogP contribution in [0.5, 0.6) is 5.75 Å². The second kappa shape index (κ2) is 6.76. The molecule has 0 atom stereocenters. The lowest BCUT2D eigenvalue weighted by Gasteiger charge is -2.38. The molecule has 1 aliphatic carbocycles. The molecule has 0 amide bonds. The summed E-state index contributed by atoms with van der Waals surface area (Å²) in [4.78, 5) is 14.2. The fourth-order valence-electron chi connectivity index (χ4n) is 3.98. The van der Waals surface area contributed by atoms with E-state index in [1.165, 1.54) is 17.5 Å². The van der Waals surface area contributed by atoms with Crippen molar-refractivity contribution in [2.75, 3.05) is 13.1 Å². The van der Waals surface area contributed by atoms with Crippen molar-refractivity contribution in [3.63, 3.8) is 0 Å². The highest BCUT2D eigenvalue weighted by Crippen LogP contribution is 2.33. The number of hydrogen-bond acceptors (Lipinski definition) is 5. The number of likely N-dealkylation sites (tertiary alicyclic amines) is 1. The van der Waals surface area contributed by atoms with Gasteiger partial charge >= 0.3 is 5.97 Å². The predicted molar refractivity (Wildman–Crippen MR) is 95.2 cm³/mol. The van der Waals surface area contributed by atoms with E-state index in [0.29, 0.717) is 38.2 Å². The number of piperidine rings is 1. The highest BCUT2D eigenvalue weighted by Gasteiger charge is 2.44. The molecule has 2 aliphatic rings. The summed E-state index contributed by atoms with van der Waals surface area (Å²) >= 11 is 0. The van der Waals surface area contributed by atoms with Crippen LogP contribution >= 0.6 is 0 Å². The molecular weight excluding hydrogens is 332 g/mol. The monoisotopic (exact) mass is 356 g/mol. The molecule has 1 N–H and O–H groups in total. The first kappa shape index (κ1) is 17.1. The zero-order valence-electron chi connectivity index (χ0n) is 15.0. The summed E-state index contributed by atoms with van der Waals surface area (Å²) in [5, 5.41) is 13.8. The zero-order chi connectivity index (χ0) is 18.1. The predicted octanol–water partition coefficient (Wildman–Crippen LogP) is 2.97. The fourth-order valence-corrected chi connectivity index (χ4v) is 3.98. The average Bonchev–Trinajstić information content (AvgIpc) is 3.25. The number of carbonyl (C=O) groups is 1. The molecule has 2 aromatic rings. The second-order valence-corrected chi connectivity index (χ2v) is 7.40. The van der Waals surface area contributed by atoms with Crippen LogP contribution in [0.1, 0.15) is 41.8 Å². The number of carboxylic acid groups (broad SMARTS) is 1. The normalized spacial score (nSPS) is 19.3. The van der Waals surface area contributed by atoms with Crippen LogP contribution in [0.2, 0.25) is 0 Å². The quantitative estimate of drug-likeness (QED) is 0.888. The maximum Gasteiger partial charge on any atom is 0.348 e. The van der Waals surface area contributed by atoms with Gasteiger partial charge in [0.2, 0.25) is 5.60 Å². The molecule has 0 bridgehead atoms. The number of fused-ring (bicyclic) bond motifs is 1. The van der Waals surface area contributed by atoms with E-state index in [4.69, 9.17) is 9.26 Å². The van der Waals surface area contributed by atoms with Crippen molar-refractivity contribution in [2.45, 2.75) is 51.2 Å². The number of hydrogen-bond donors (Lipinski definition) is 1. The number of benzene rings is 1. The van der Waals surface area contributed by atoms with Crippen LogP contribution in [0.4, 0.5) is 0 Å². The maximum absolute atomic E-state index is 12.0. The molecule has 1 saturated heterocycles. The number of carboxylic acids is 1. The average molecular weight is 356 g/mol. The Morgan fingerprint density at radius 2 is 2.04 bits per heavy atom. The lowest BCUT2D eigenvalue weighted by atomic mass is 9.91. The van der Waals surface area contributed by atoms with Crippen LogP contribution in [0.25, 0.3) is 0 Å². The lowest BCUT2D eigenvalue weighted by molar-refractivity contribution is -0.160. The minimum absolute atomic E-state index is 0.451. The Balaban J connectivity index is 1.44. The SMILES string of the molecule is Cc1cc(CN2CCC(Oc3ccc4c(c3)CCC4)(C(=O)O)CC2)on1. The Morgan fingerprint density at radius 1 is 1.27 bits per heavy atom. The van der Waals surface area contributed by atoms with Crippen molar-refractivity contribution >= 4 is 5.97 Å². The summed E-state index contributed by atoms with van der Waals surface area (Å²) in [6.07, 6.45) is 4.23. The van der Waals surface area contributed by atoms with Crippen molar-refractivity contribution in [1.29, 1.82) is 0 Å². The molecule has 0 spiro atoms. The topological polar surface area (TPSA) is 75.8 Å². The van der Waals surface area contributed by atoms with Gasteiger partial charge in [-0.1, -0.05) is 11.2 Å². The molecular formula is C20H24N2O4. The van der Waals surface area contributed by atoms with Gasteiger partial charge in [0.05, 0.1) is 12.2 Å². The Morgan fingerprint density at radius 3 is 2.73 bits per heavy atom. The third kappa shape index (κ3) is 3.33. The Bertz CT molecular complexity index is 806. The summed E-state index contributed by atoms with van der Waals surface area (Å²) in [5.74, 6) is 0.602. The first-order chi connectivity index (χ1) is 12.5. The van der Waals surface area contributed by atoms with Gasteiger partial charge in [-0.3, -0.25) is 4.90 Å². The van der Waals surface area contributed by atoms with Gasteiger partial charge in [0.1, 0.15) is 5.75 Å². The third-order valence-electron chi connectivity index (χ3n) is 5.49. The molecule has 0 unspecified atom stereocenters. The van der Waals surface area contributed by atoms with Crippen molar-refractivity contribution in [2.24, 2.45) is 0 Å². The van der Waals surface area contributed by atoms with Gasteiger partial charge in [-0.15, -0.1) is 0 Å². The van der Waals surface area contributed by atoms with Crippen molar-refractivity contribution in [3.8, 4) is 5.75 Å². The van der Waals surface area contributed by atoms with E-state index in [-0.39, 0.29) is 0 Å². The number of aliphatic carboxylic acids is 1. The van der Waals surface area contributed by atoms with E-state index in [0.717, 1.165) is 24.3 Å². The van der Waals surface area contributed by atoms with Gasteiger partial charge in [0.25, 0.3) is 0 Å². The van der Waals surface area contributed by atoms with Crippen LogP contribution in [-0.4, -0.2) is 39.8 Å². The lowest BCUT2D eigenvalue weighted by Crippen LogP contribution is -2.53. The molecule has 138 valence electrons. The Kier molecular flexibility index (Phi) is 4.44. The maximum atomic E-state index is 12.0. The van der Waals surface area contributed by atoms with Gasteiger partial charge in [-0.05, 0) is 49.4 Å². The molecule has 2 heterocycles. The first-order valence-electron chi connectivity index (χ1n) is 9.23. The smallest absolute Gasteiger partial charge is 0.348 e. The minimum Gasteiger partial charge on any atom is -0.478 e. The van der Waals surface area contributed by atoms with Gasteiger partial charge in [-0.25, -0.2) is 4.79 Å². The fraction of sp³-hybridized carbons (Fsp3) is 0.500. The van der Waals surface area contributed by atoms with Crippen LogP contribution in [0, 0.1) is 6.92 Å². The third-order valence-corrected chi connectivity index (χ3v) is 5.49. The molecule has 1 aromatic carbocycles. The molecule has 1 aliphatic heterocycles. The number of aryl methyl sites for hydroxylation is 3. The molecule has 1 fully saturated rings. The highest BCUT2D eigenvalue weighted by molar-refractivity contribution is 5.78. The number of aromatic nitrogens is 1. The molecule has 6 heteroatoms. The standard InChI is InChI=1S/C20H24N2O4/c1-14-11-18(26-21-14)13-22-9-7-20(8-10-22,19(23)24)25-17-6-5-15-3-2-4-16(15)12-17/h5-6,11-12H,2-4,7-10,13H2,1H3,(H,23,24). The number of rotatable bonds is 5. The van der Waals surface area contributed by atoms with Crippen molar-refractivity contribution in [1.82, 2.24) is 10.1 Å². The van der Waals surface area contributed by atoms with E-state index in [9.17, 15) is 9.90 Å². The van der Waals surface area contributed by atoms with Gasteiger partial charge in [-0.2, -0.15) is 0 Å². The van der Waals surface area contributed by atoms with Crippen molar-refractivity contribution in [3.05, 3.63) is 46.8 Å². The molecule has 4 rings (SSSR count). The molecule has 6 nitrogen and oxygen atoms in total. The molecule has 1 aromatic heterocycles. The summed E-state index contributed by atoms with van der Waals surface area (Å²) in [7, 11) is 0. The van der Waals surface area contributed by atoms with E-state index in [2.05, 4.69) is 16.1 Å². The summed E-state index contributed by atoms with van der Waals surface area (Å²) < 4.78 is 11.3. The Labute approximate surface area is 152 Å². The number of nitrogens with zero attached hydrogens (tertiary/aromatic N) is 2. The van der Waals surface area contributed by atoms with E-state index in [1.54, 1.807) is 0 Å². The van der Waals surface area contributed by atoms with Gasteiger partial charge < -0.3 is 14.4 Å². The summed E-state index contributed by atoms with van der Waals surface area (Å²) in [5.41, 5.74) is 2.36. The Hall–Kier alpha value is -2.34. The van der Waals surface area contributed by atoms with Crippen LogP contribution in [0.3, 0.4) is 0 Å². The highest BCUT2D eigenvalue weighted by atomic mass is 16.5. The van der Waals surface area contributed by atoms with Crippen LogP contribution in [-0.2, 0) is 24.2 Å². The zero-order valence-corrected chi connectivity index (χ0v) is 15.0. The van der Waals surface area contributed by atoms with Crippen LogP contribution in [0.15, 0.2) is 28.8 Å². The summed E-state index contributed by atoms with van der Waals surface area (Å²) in [6.45, 7) is 3.84. The van der Waals surface area contributed by atoms with Crippen LogP contribution < -0.4 is 4.74 Å². The minimum atomic E-state index is -1.15. The molecule has 0 radical (unpaired) electrons. The first-order valence-corrected chi connectivity index (χ1v) is 9.23. The van der Waals surface area contributed by atoms with E-state index < -0.39 is 11.6 Å². The molecule has 26 heavy (non-hydrogen) atoms. The number of ether oxygens (including phenoxy) is 1. The van der Waals surface area contributed by atoms with Crippen molar-refractivity contribution < 1.29 is 19.2 Å². The van der Waals surface area contributed by atoms with Gasteiger partial charge in [0.15, 0.2) is 5.76 Å². The largest absolute Gasteiger partial charge is 0.478 e. The van der Waals surface area contributed by atoms with Gasteiger partial charge in [0, 0.05) is 32.0 Å². The molecule has 0 saturated carbocycles. The second-order valence-electron chi connectivity index (χ2n) is 7.40.